The molecule has 0 saturated heterocycles. The van der Waals surface area contributed by atoms with E-state index in [0.717, 1.165) is 22.7 Å². The monoisotopic (exact) mass is 788 g/mol. The maximum Gasteiger partial charge on any atom is 0.0546 e. The molecule has 0 radical (unpaired) electrons. The van der Waals surface area contributed by atoms with Crippen LogP contribution in [0.2, 0.25) is 0 Å². The first-order valence-corrected chi connectivity index (χ1v) is 21.3. The maximum atomic E-state index is 2.44. The molecule has 0 amide bonds. The Hall–Kier alpha value is -8.20. The zero-order chi connectivity index (χ0) is 41.0. The van der Waals surface area contributed by atoms with Crippen molar-refractivity contribution in [1.82, 2.24) is 4.57 Å². The predicted octanol–water partition coefficient (Wildman–Crippen LogP) is 16.7. The number of hydrogen-bond donors (Lipinski definition) is 0. The lowest BCUT2D eigenvalue weighted by molar-refractivity contribution is 1.18. The van der Waals surface area contributed by atoms with Crippen LogP contribution in [-0.4, -0.2) is 4.57 Å². The van der Waals surface area contributed by atoms with Crippen LogP contribution in [0, 0.1) is 0 Å². The van der Waals surface area contributed by atoms with Crippen molar-refractivity contribution < 1.29 is 0 Å². The Morgan fingerprint density at radius 3 is 1.50 bits per heavy atom. The molecule has 1 aromatic heterocycles. The Labute approximate surface area is 360 Å². The second-order valence-corrected chi connectivity index (χ2v) is 16.1. The number of para-hydroxylation sites is 2. The van der Waals surface area contributed by atoms with Gasteiger partial charge in [-0.2, -0.15) is 0 Å². The van der Waals surface area contributed by atoms with Gasteiger partial charge in [-0.1, -0.05) is 188 Å². The number of benzene rings is 11. The van der Waals surface area contributed by atoms with Gasteiger partial charge in [0.05, 0.1) is 16.7 Å². The molecule has 290 valence electrons. The summed E-state index contributed by atoms with van der Waals surface area (Å²) in [7, 11) is 0. The average Bonchev–Trinajstić information content (AvgIpc) is 3.69. The Morgan fingerprint density at radius 1 is 0.290 bits per heavy atom. The molecule has 2 nitrogen and oxygen atoms in total. The average molecular weight is 789 g/mol. The SMILES string of the molecule is c1ccc(-c2cccc3cccc(-c4cccc(N(c5ccc(-c6ccc(-n7c8ccccc8c8ccccc87)cc6)cc5)c5cc6ccccc6c6ccccc56)c4)c23)cc1. The van der Waals surface area contributed by atoms with Gasteiger partial charge >= 0.3 is 0 Å². The molecule has 0 aliphatic rings. The summed E-state index contributed by atoms with van der Waals surface area (Å²) in [4.78, 5) is 2.44. The van der Waals surface area contributed by atoms with Crippen molar-refractivity contribution in [2.45, 2.75) is 0 Å². The number of anilines is 3. The molecule has 0 atom stereocenters. The van der Waals surface area contributed by atoms with E-state index in [4.69, 9.17) is 0 Å². The van der Waals surface area contributed by atoms with Gasteiger partial charge in [0.1, 0.15) is 0 Å². The molecule has 0 aliphatic carbocycles. The zero-order valence-electron chi connectivity index (χ0n) is 34.0. The number of rotatable bonds is 7. The standard InChI is InChI=1S/C60H40N2/c1-2-15-43(16-3-1)51-27-13-18-44-19-14-28-52(60(44)51)45-20-12-21-49(39-45)61(59-40-46-17-4-5-22-50(46)53-23-6-7-24-54(53)59)47-35-31-41(32-36-47)42-33-37-48(38-34-42)62-57-29-10-8-25-55(57)56-26-9-11-30-58(56)62/h1-40H. The normalized spacial score (nSPS) is 11.5. The van der Waals surface area contributed by atoms with E-state index < -0.39 is 0 Å². The molecule has 62 heavy (non-hydrogen) atoms. The van der Waals surface area contributed by atoms with Crippen molar-refractivity contribution in [2.24, 2.45) is 0 Å². The lowest BCUT2D eigenvalue weighted by Gasteiger charge is -2.28. The number of nitrogens with zero attached hydrogens (tertiary/aromatic N) is 2. The first kappa shape index (κ1) is 35.7. The second-order valence-electron chi connectivity index (χ2n) is 16.1. The van der Waals surface area contributed by atoms with Crippen LogP contribution >= 0.6 is 0 Å². The van der Waals surface area contributed by atoms with Gasteiger partial charge in [0.25, 0.3) is 0 Å². The minimum atomic E-state index is 1.09. The highest BCUT2D eigenvalue weighted by molar-refractivity contribution is 6.15. The molecule has 0 spiro atoms. The summed E-state index contributed by atoms with van der Waals surface area (Å²) in [5.74, 6) is 0. The Morgan fingerprint density at radius 2 is 0.806 bits per heavy atom. The Kier molecular flexibility index (Phi) is 8.53. The molecule has 0 bridgehead atoms. The third kappa shape index (κ3) is 5.96. The van der Waals surface area contributed by atoms with Gasteiger partial charge in [0.15, 0.2) is 0 Å². The van der Waals surface area contributed by atoms with E-state index >= 15 is 0 Å². The van der Waals surface area contributed by atoms with Crippen LogP contribution in [0.25, 0.3) is 93.2 Å². The number of fused-ring (bicyclic) bond motifs is 7. The molecule has 0 aliphatic heterocycles. The molecule has 2 heteroatoms. The van der Waals surface area contributed by atoms with Gasteiger partial charge in [0, 0.05) is 33.2 Å². The van der Waals surface area contributed by atoms with E-state index in [2.05, 4.69) is 252 Å². The highest BCUT2D eigenvalue weighted by atomic mass is 15.1. The van der Waals surface area contributed by atoms with Gasteiger partial charge in [-0.05, 0) is 115 Å². The largest absolute Gasteiger partial charge is 0.310 e. The molecule has 12 aromatic rings. The fourth-order valence-corrected chi connectivity index (χ4v) is 9.71. The summed E-state index contributed by atoms with van der Waals surface area (Å²) in [6.45, 7) is 0. The molecule has 0 unspecified atom stereocenters. The predicted molar refractivity (Wildman–Crippen MR) is 264 cm³/mol. The zero-order valence-corrected chi connectivity index (χ0v) is 34.0. The lowest BCUT2D eigenvalue weighted by Crippen LogP contribution is -2.11. The van der Waals surface area contributed by atoms with Crippen molar-refractivity contribution in [3.63, 3.8) is 0 Å². The van der Waals surface area contributed by atoms with Gasteiger partial charge in [0.2, 0.25) is 0 Å². The molecule has 11 aromatic carbocycles. The molecule has 0 saturated carbocycles. The van der Waals surface area contributed by atoms with E-state index in [9.17, 15) is 0 Å². The van der Waals surface area contributed by atoms with E-state index in [1.54, 1.807) is 0 Å². The minimum Gasteiger partial charge on any atom is -0.310 e. The van der Waals surface area contributed by atoms with Gasteiger partial charge in [-0.15, -0.1) is 0 Å². The van der Waals surface area contributed by atoms with Gasteiger partial charge in [-0.3, -0.25) is 0 Å². The van der Waals surface area contributed by atoms with Crippen molar-refractivity contribution in [3.05, 3.63) is 243 Å². The van der Waals surface area contributed by atoms with Crippen LogP contribution in [0.5, 0.6) is 0 Å². The van der Waals surface area contributed by atoms with Crippen LogP contribution in [0.1, 0.15) is 0 Å². The third-order valence-electron chi connectivity index (χ3n) is 12.6. The fraction of sp³-hybridized carbons (Fsp3) is 0. The van der Waals surface area contributed by atoms with Crippen LogP contribution in [-0.2, 0) is 0 Å². The van der Waals surface area contributed by atoms with Crippen molar-refractivity contribution in [3.8, 4) is 39.1 Å². The molecule has 1 heterocycles. The Bertz CT molecular complexity index is 3560. The van der Waals surface area contributed by atoms with Crippen LogP contribution < -0.4 is 4.90 Å². The van der Waals surface area contributed by atoms with E-state index in [1.807, 2.05) is 0 Å². The topological polar surface area (TPSA) is 8.17 Å². The summed E-state index contributed by atoms with van der Waals surface area (Å²) >= 11 is 0. The first-order chi connectivity index (χ1) is 30.8. The number of aromatic nitrogens is 1. The number of hydrogen-bond acceptors (Lipinski definition) is 1. The quantitative estimate of drug-likeness (QED) is 0.146. The maximum absolute atomic E-state index is 2.44. The first-order valence-electron chi connectivity index (χ1n) is 21.3. The molecular formula is C60H40N2. The molecular weight excluding hydrogens is 749 g/mol. The molecule has 0 N–H and O–H groups in total. The van der Waals surface area contributed by atoms with Crippen LogP contribution in [0.4, 0.5) is 17.1 Å². The van der Waals surface area contributed by atoms with Crippen molar-refractivity contribution in [1.29, 1.82) is 0 Å². The minimum absolute atomic E-state index is 1.09. The second kappa shape index (κ2) is 14.8. The lowest BCUT2D eigenvalue weighted by atomic mass is 9.91. The van der Waals surface area contributed by atoms with Gasteiger partial charge < -0.3 is 9.47 Å². The van der Waals surface area contributed by atoms with E-state index in [-0.39, 0.29) is 0 Å². The van der Waals surface area contributed by atoms with Crippen LogP contribution in [0.3, 0.4) is 0 Å². The van der Waals surface area contributed by atoms with E-state index in [0.29, 0.717) is 0 Å². The summed E-state index contributed by atoms with van der Waals surface area (Å²) < 4.78 is 2.37. The highest BCUT2D eigenvalue weighted by Crippen LogP contribution is 2.45. The van der Waals surface area contributed by atoms with Crippen LogP contribution in [0.15, 0.2) is 243 Å². The third-order valence-corrected chi connectivity index (χ3v) is 12.6. The summed E-state index contributed by atoms with van der Waals surface area (Å²) in [6, 6.07) is 88.5. The Balaban J connectivity index is 0.991. The van der Waals surface area contributed by atoms with Crippen molar-refractivity contribution in [2.75, 3.05) is 4.90 Å². The molecule has 0 fully saturated rings. The summed E-state index contributed by atoms with van der Waals surface area (Å²) in [5, 5.41) is 9.94. The fourth-order valence-electron chi connectivity index (χ4n) is 9.71. The van der Waals surface area contributed by atoms with E-state index in [1.165, 1.54) is 87.5 Å². The van der Waals surface area contributed by atoms with Crippen molar-refractivity contribution >= 4 is 71.2 Å². The summed E-state index contributed by atoms with van der Waals surface area (Å²) in [5.41, 5.74) is 14.1. The summed E-state index contributed by atoms with van der Waals surface area (Å²) in [6.07, 6.45) is 0. The smallest absolute Gasteiger partial charge is 0.0546 e. The molecule has 12 rings (SSSR count). The van der Waals surface area contributed by atoms with Gasteiger partial charge in [-0.25, -0.2) is 0 Å². The highest BCUT2D eigenvalue weighted by Gasteiger charge is 2.20.